The first-order valence-electron chi connectivity index (χ1n) is 5.71. The van der Waals surface area contributed by atoms with Crippen LogP contribution in [0.5, 0.6) is 0 Å². The maximum Gasteiger partial charge on any atom is 0.132 e. The molecule has 16 heavy (non-hydrogen) atoms. The van der Waals surface area contributed by atoms with Crippen LogP contribution in [0, 0.1) is 0 Å². The topological polar surface area (TPSA) is 25.4 Å². The van der Waals surface area contributed by atoms with Gasteiger partial charge in [-0.15, -0.1) is 0 Å². The predicted octanol–water partition coefficient (Wildman–Crippen LogP) is 2.59. The number of aromatic nitrogens is 1. The highest BCUT2D eigenvalue weighted by atomic mass is 79.9. The van der Waals surface area contributed by atoms with E-state index in [9.17, 15) is 0 Å². The normalized spacial score (nSPS) is 21.1. The van der Waals surface area contributed by atoms with Gasteiger partial charge < -0.3 is 9.64 Å². The van der Waals surface area contributed by atoms with Gasteiger partial charge in [-0.2, -0.15) is 0 Å². The van der Waals surface area contributed by atoms with E-state index in [1.54, 1.807) is 0 Å². The molecular formula is C12H17BrN2O. The van der Waals surface area contributed by atoms with Crippen molar-refractivity contribution in [3.8, 4) is 0 Å². The summed E-state index contributed by atoms with van der Waals surface area (Å²) in [5, 5.41) is 0.852. The third kappa shape index (κ3) is 2.55. The van der Waals surface area contributed by atoms with Crippen molar-refractivity contribution in [2.24, 2.45) is 0 Å². The lowest BCUT2D eigenvalue weighted by molar-refractivity contribution is 0.0381. The Labute approximate surface area is 105 Å². The van der Waals surface area contributed by atoms with Crippen LogP contribution in [0.25, 0.3) is 0 Å². The van der Waals surface area contributed by atoms with E-state index in [1.807, 2.05) is 12.3 Å². The second-order valence-electron chi connectivity index (χ2n) is 3.97. The number of hydrogen-bond donors (Lipinski definition) is 0. The molecule has 1 fully saturated rings. The Morgan fingerprint density at radius 2 is 2.50 bits per heavy atom. The Bertz CT molecular complexity index is 346. The van der Waals surface area contributed by atoms with Crippen LogP contribution in [0.2, 0.25) is 0 Å². The quantitative estimate of drug-likeness (QED) is 0.798. The second kappa shape index (κ2) is 5.64. The van der Waals surface area contributed by atoms with Gasteiger partial charge in [0.1, 0.15) is 5.82 Å². The van der Waals surface area contributed by atoms with Gasteiger partial charge in [0.15, 0.2) is 0 Å². The van der Waals surface area contributed by atoms with E-state index in [0.29, 0.717) is 6.10 Å². The van der Waals surface area contributed by atoms with Crippen LogP contribution in [0.1, 0.15) is 18.9 Å². The van der Waals surface area contributed by atoms with Crippen LogP contribution in [0.3, 0.4) is 0 Å². The van der Waals surface area contributed by atoms with Gasteiger partial charge in [0.05, 0.1) is 12.7 Å². The Balaban J connectivity index is 2.16. The van der Waals surface area contributed by atoms with Crippen LogP contribution in [-0.2, 0) is 10.1 Å². The monoisotopic (exact) mass is 284 g/mol. The molecule has 1 unspecified atom stereocenters. The zero-order chi connectivity index (χ0) is 11.4. The Morgan fingerprint density at radius 1 is 1.62 bits per heavy atom. The van der Waals surface area contributed by atoms with E-state index in [-0.39, 0.29) is 0 Å². The van der Waals surface area contributed by atoms with Gasteiger partial charge in [-0.25, -0.2) is 4.98 Å². The highest BCUT2D eigenvalue weighted by Gasteiger charge is 2.21. The van der Waals surface area contributed by atoms with E-state index in [0.717, 1.165) is 37.3 Å². The Kier molecular flexibility index (Phi) is 4.18. The summed E-state index contributed by atoms with van der Waals surface area (Å²) < 4.78 is 5.67. The van der Waals surface area contributed by atoms with Crippen LogP contribution < -0.4 is 4.90 Å². The number of alkyl halides is 1. The molecule has 2 rings (SSSR count). The van der Waals surface area contributed by atoms with E-state index >= 15 is 0 Å². The lowest BCUT2D eigenvalue weighted by Crippen LogP contribution is -2.43. The molecule has 1 atom stereocenters. The van der Waals surface area contributed by atoms with E-state index in [1.165, 1.54) is 5.56 Å². The van der Waals surface area contributed by atoms with Crippen molar-refractivity contribution >= 4 is 21.7 Å². The van der Waals surface area contributed by atoms with Crippen LogP contribution >= 0.6 is 15.9 Å². The van der Waals surface area contributed by atoms with Crippen molar-refractivity contribution in [3.05, 3.63) is 23.9 Å². The molecule has 3 nitrogen and oxygen atoms in total. The van der Waals surface area contributed by atoms with Crippen LogP contribution in [-0.4, -0.2) is 30.8 Å². The van der Waals surface area contributed by atoms with Crippen molar-refractivity contribution < 1.29 is 4.74 Å². The van der Waals surface area contributed by atoms with Crippen LogP contribution in [0.4, 0.5) is 5.82 Å². The van der Waals surface area contributed by atoms with Crippen molar-refractivity contribution in [1.82, 2.24) is 4.98 Å². The first kappa shape index (κ1) is 11.9. The van der Waals surface area contributed by atoms with Gasteiger partial charge in [0.25, 0.3) is 0 Å². The van der Waals surface area contributed by atoms with Gasteiger partial charge in [-0.05, 0) is 12.5 Å². The fourth-order valence-corrected chi connectivity index (χ4v) is 2.42. The zero-order valence-corrected chi connectivity index (χ0v) is 11.1. The minimum Gasteiger partial charge on any atom is -0.375 e. The third-order valence-corrected chi connectivity index (χ3v) is 3.51. The Morgan fingerprint density at radius 3 is 3.25 bits per heavy atom. The van der Waals surface area contributed by atoms with Crippen molar-refractivity contribution in [3.63, 3.8) is 0 Å². The summed E-state index contributed by atoms with van der Waals surface area (Å²) in [6.45, 7) is 4.86. The van der Waals surface area contributed by atoms with E-state index in [2.05, 4.69) is 38.8 Å². The average molecular weight is 285 g/mol. The molecule has 0 aliphatic carbocycles. The van der Waals surface area contributed by atoms with Crippen molar-refractivity contribution in [2.75, 3.05) is 24.6 Å². The molecular weight excluding hydrogens is 268 g/mol. The molecule has 2 heterocycles. The number of hydrogen-bond acceptors (Lipinski definition) is 3. The van der Waals surface area contributed by atoms with Gasteiger partial charge >= 0.3 is 0 Å². The highest BCUT2D eigenvalue weighted by Crippen LogP contribution is 2.22. The average Bonchev–Trinajstić information content (AvgIpc) is 2.38. The first-order chi connectivity index (χ1) is 7.85. The molecule has 0 N–H and O–H groups in total. The maximum atomic E-state index is 5.67. The summed E-state index contributed by atoms with van der Waals surface area (Å²) in [6, 6.07) is 4.10. The smallest absolute Gasteiger partial charge is 0.132 e. The molecule has 1 aromatic heterocycles. The molecule has 0 amide bonds. The number of pyridine rings is 1. The summed E-state index contributed by atoms with van der Waals surface area (Å²) in [5.74, 6) is 1.10. The molecule has 1 aliphatic rings. The number of rotatable bonds is 3. The SMILES string of the molecule is CCC1CN(c2ncccc2CBr)CCO1. The largest absolute Gasteiger partial charge is 0.375 e. The molecule has 0 bridgehead atoms. The first-order valence-corrected chi connectivity index (χ1v) is 6.83. The summed E-state index contributed by atoms with van der Waals surface area (Å²) in [7, 11) is 0. The molecule has 1 aromatic rings. The number of anilines is 1. The van der Waals surface area contributed by atoms with Gasteiger partial charge in [0, 0.05) is 30.2 Å². The summed E-state index contributed by atoms with van der Waals surface area (Å²) in [6.07, 6.45) is 3.27. The molecule has 0 aromatic carbocycles. The van der Waals surface area contributed by atoms with E-state index in [4.69, 9.17) is 4.74 Å². The van der Waals surface area contributed by atoms with Gasteiger partial charge in [-0.3, -0.25) is 0 Å². The minimum atomic E-state index is 0.346. The lowest BCUT2D eigenvalue weighted by Gasteiger charge is -2.34. The number of nitrogens with zero attached hydrogens (tertiary/aromatic N) is 2. The molecule has 1 aliphatic heterocycles. The number of morpholine rings is 1. The van der Waals surface area contributed by atoms with Gasteiger partial charge in [0.2, 0.25) is 0 Å². The van der Waals surface area contributed by atoms with Crippen molar-refractivity contribution in [1.29, 1.82) is 0 Å². The molecule has 0 radical (unpaired) electrons. The summed E-state index contributed by atoms with van der Waals surface area (Å²) >= 11 is 3.51. The lowest BCUT2D eigenvalue weighted by atomic mass is 10.2. The maximum absolute atomic E-state index is 5.67. The molecule has 4 heteroatoms. The molecule has 0 saturated carbocycles. The fourth-order valence-electron chi connectivity index (χ4n) is 1.98. The predicted molar refractivity (Wildman–Crippen MR) is 69.1 cm³/mol. The number of halogens is 1. The number of ether oxygens (including phenoxy) is 1. The third-order valence-electron chi connectivity index (χ3n) is 2.91. The summed E-state index contributed by atoms with van der Waals surface area (Å²) in [4.78, 5) is 6.81. The fraction of sp³-hybridized carbons (Fsp3) is 0.583. The zero-order valence-electron chi connectivity index (χ0n) is 9.53. The molecule has 1 saturated heterocycles. The molecule has 88 valence electrons. The van der Waals surface area contributed by atoms with Gasteiger partial charge in [-0.1, -0.05) is 28.9 Å². The minimum absolute atomic E-state index is 0.346. The summed E-state index contributed by atoms with van der Waals surface area (Å²) in [5.41, 5.74) is 1.25. The van der Waals surface area contributed by atoms with Crippen LogP contribution in [0.15, 0.2) is 18.3 Å². The molecule has 0 spiro atoms. The van der Waals surface area contributed by atoms with Crippen molar-refractivity contribution in [2.45, 2.75) is 24.8 Å². The Hall–Kier alpha value is -0.610. The standard InChI is InChI=1S/C12H17BrN2O/c1-2-11-9-15(6-7-16-11)12-10(8-13)4-3-5-14-12/h3-5,11H,2,6-9H2,1H3. The second-order valence-corrected chi connectivity index (χ2v) is 4.53. The van der Waals surface area contributed by atoms with E-state index < -0.39 is 0 Å². The highest BCUT2D eigenvalue weighted by molar-refractivity contribution is 9.08.